The van der Waals surface area contributed by atoms with Gasteiger partial charge in [-0.05, 0) is 31.9 Å². The van der Waals surface area contributed by atoms with Crippen LogP contribution < -0.4 is 0 Å². The summed E-state index contributed by atoms with van der Waals surface area (Å²) < 4.78 is 13.7. The van der Waals surface area contributed by atoms with Crippen molar-refractivity contribution in [2.45, 2.75) is 25.2 Å². The van der Waals surface area contributed by atoms with Crippen LogP contribution in [0.3, 0.4) is 0 Å². The van der Waals surface area contributed by atoms with E-state index in [9.17, 15) is 4.39 Å². The minimum atomic E-state index is -0.464. The van der Waals surface area contributed by atoms with Gasteiger partial charge in [-0.3, -0.25) is 0 Å². The highest BCUT2D eigenvalue weighted by molar-refractivity contribution is 5.63. The number of aromatic nitrogens is 2. The summed E-state index contributed by atoms with van der Waals surface area (Å²) in [6.45, 7) is 1.85. The maximum Gasteiger partial charge on any atom is 0.132 e. The van der Waals surface area contributed by atoms with Gasteiger partial charge in [0.1, 0.15) is 17.1 Å². The highest BCUT2D eigenvalue weighted by atomic mass is 19.1. The molecule has 1 heterocycles. The van der Waals surface area contributed by atoms with Gasteiger partial charge in [0, 0.05) is 11.3 Å². The van der Waals surface area contributed by atoms with E-state index in [4.69, 9.17) is 5.26 Å². The Morgan fingerprint density at radius 2 is 2.11 bits per heavy atom. The lowest BCUT2D eigenvalue weighted by molar-refractivity contribution is 0.630. The Hall–Kier alpha value is -2.15. The normalized spacial score (nSPS) is 16.3. The van der Waals surface area contributed by atoms with Crippen LogP contribution in [-0.4, -0.2) is 9.97 Å². The Balaban J connectivity index is 2.10. The molecule has 1 aliphatic rings. The molecule has 0 spiro atoms. The van der Waals surface area contributed by atoms with Gasteiger partial charge < -0.3 is 4.98 Å². The van der Waals surface area contributed by atoms with Crippen LogP contribution in [0.15, 0.2) is 24.3 Å². The average Bonchev–Trinajstić information content (AvgIpc) is 3.08. The van der Waals surface area contributed by atoms with Gasteiger partial charge in [0.05, 0.1) is 11.8 Å². The summed E-state index contributed by atoms with van der Waals surface area (Å²) in [5.74, 6) is 0.376. The number of imidazole rings is 1. The minimum absolute atomic E-state index is 0.291. The van der Waals surface area contributed by atoms with Crippen LogP contribution in [0.1, 0.15) is 24.4 Å². The first kappa shape index (κ1) is 11.0. The van der Waals surface area contributed by atoms with E-state index in [-0.39, 0.29) is 5.82 Å². The fraction of sp³-hybridized carbons (Fsp3) is 0.286. The van der Waals surface area contributed by atoms with Gasteiger partial charge >= 0.3 is 0 Å². The summed E-state index contributed by atoms with van der Waals surface area (Å²) in [5.41, 5.74) is 1.42. The second-order valence-corrected chi connectivity index (χ2v) is 4.73. The van der Waals surface area contributed by atoms with Crippen molar-refractivity contribution in [2.24, 2.45) is 0 Å². The quantitative estimate of drug-likeness (QED) is 0.878. The van der Waals surface area contributed by atoms with Gasteiger partial charge in [-0.15, -0.1) is 0 Å². The predicted molar refractivity (Wildman–Crippen MR) is 65.2 cm³/mol. The van der Waals surface area contributed by atoms with E-state index >= 15 is 0 Å². The molecule has 18 heavy (non-hydrogen) atoms. The molecule has 1 saturated carbocycles. The number of halogens is 1. The largest absolute Gasteiger partial charge is 0.344 e. The third kappa shape index (κ3) is 1.52. The maximum absolute atomic E-state index is 13.7. The zero-order chi connectivity index (χ0) is 12.8. The molecule has 90 valence electrons. The predicted octanol–water partition coefficient (Wildman–Crippen LogP) is 3.08. The van der Waals surface area contributed by atoms with Crippen LogP contribution in [0.2, 0.25) is 0 Å². The van der Waals surface area contributed by atoms with Gasteiger partial charge in [-0.1, -0.05) is 12.1 Å². The van der Waals surface area contributed by atoms with Crippen LogP contribution in [-0.2, 0) is 5.41 Å². The molecule has 0 radical (unpaired) electrons. The van der Waals surface area contributed by atoms with E-state index in [1.807, 2.05) is 6.92 Å². The van der Waals surface area contributed by atoms with Crippen molar-refractivity contribution in [3.8, 4) is 17.3 Å². The first-order valence-corrected chi connectivity index (χ1v) is 5.89. The summed E-state index contributed by atoms with van der Waals surface area (Å²) in [4.78, 5) is 7.55. The summed E-state index contributed by atoms with van der Waals surface area (Å²) in [7, 11) is 0. The van der Waals surface area contributed by atoms with E-state index in [2.05, 4.69) is 16.0 Å². The standard InChI is InChI=1S/C14H12FN3/c1-9-12(10-4-2-3-5-11(10)15)18-13(17-9)14(8-16)6-7-14/h2-5H,6-7H2,1H3,(H,17,18). The van der Waals surface area contributed by atoms with Crippen molar-refractivity contribution < 1.29 is 4.39 Å². The number of rotatable bonds is 2. The minimum Gasteiger partial charge on any atom is -0.344 e. The van der Waals surface area contributed by atoms with Crippen LogP contribution in [0, 0.1) is 24.1 Å². The molecule has 0 atom stereocenters. The van der Waals surface area contributed by atoms with Crippen molar-refractivity contribution in [3.05, 3.63) is 41.6 Å². The van der Waals surface area contributed by atoms with E-state index < -0.39 is 5.41 Å². The molecule has 1 N–H and O–H groups in total. The molecule has 0 bridgehead atoms. The van der Waals surface area contributed by atoms with Crippen molar-refractivity contribution in [2.75, 3.05) is 0 Å². The monoisotopic (exact) mass is 241 g/mol. The number of aromatic amines is 1. The first-order valence-electron chi connectivity index (χ1n) is 5.89. The summed E-state index contributed by atoms with van der Waals surface area (Å²) in [5, 5.41) is 9.15. The number of hydrogen-bond donors (Lipinski definition) is 1. The molecule has 1 fully saturated rings. The van der Waals surface area contributed by atoms with Crippen LogP contribution in [0.5, 0.6) is 0 Å². The molecule has 0 saturated heterocycles. The van der Waals surface area contributed by atoms with Crippen LogP contribution >= 0.6 is 0 Å². The lowest BCUT2D eigenvalue weighted by Gasteiger charge is -2.00. The number of benzene rings is 1. The highest BCUT2D eigenvalue weighted by Crippen LogP contribution is 2.46. The molecular weight excluding hydrogens is 229 g/mol. The first-order chi connectivity index (χ1) is 8.66. The average molecular weight is 241 g/mol. The molecule has 0 aliphatic heterocycles. The number of nitriles is 1. The Labute approximate surface area is 104 Å². The third-order valence-corrected chi connectivity index (χ3v) is 3.43. The molecule has 3 rings (SSSR count). The lowest BCUT2D eigenvalue weighted by Crippen LogP contribution is -2.04. The second-order valence-electron chi connectivity index (χ2n) is 4.73. The summed E-state index contributed by atoms with van der Waals surface area (Å²) in [6.07, 6.45) is 1.65. The van der Waals surface area contributed by atoms with Gasteiger partial charge in [-0.2, -0.15) is 5.26 Å². The SMILES string of the molecule is Cc1[nH]c(C2(C#N)CC2)nc1-c1ccccc1F. The zero-order valence-electron chi connectivity index (χ0n) is 10.00. The molecule has 3 nitrogen and oxygen atoms in total. The van der Waals surface area contributed by atoms with Crippen molar-refractivity contribution in [1.82, 2.24) is 9.97 Å². The van der Waals surface area contributed by atoms with Crippen molar-refractivity contribution >= 4 is 0 Å². The number of aryl methyl sites for hydroxylation is 1. The van der Waals surface area contributed by atoms with Gasteiger partial charge in [0.25, 0.3) is 0 Å². The summed E-state index contributed by atoms with van der Waals surface area (Å²) >= 11 is 0. The fourth-order valence-electron chi connectivity index (χ4n) is 2.13. The molecule has 0 unspecified atom stereocenters. The lowest BCUT2D eigenvalue weighted by atomic mass is 10.1. The van der Waals surface area contributed by atoms with E-state index in [0.717, 1.165) is 18.5 Å². The smallest absolute Gasteiger partial charge is 0.132 e. The topological polar surface area (TPSA) is 52.5 Å². The van der Waals surface area contributed by atoms with Gasteiger partial charge in [0.2, 0.25) is 0 Å². The van der Waals surface area contributed by atoms with E-state index in [1.165, 1.54) is 6.07 Å². The Morgan fingerprint density at radius 1 is 1.39 bits per heavy atom. The number of H-pyrrole nitrogens is 1. The van der Waals surface area contributed by atoms with Gasteiger partial charge in [-0.25, -0.2) is 9.37 Å². The number of hydrogen-bond acceptors (Lipinski definition) is 2. The second kappa shape index (κ2) is 3.67. The molecule has 1 aliphatic carbocycles. The van der Waals surface area contributed by atoms with Crippen molar-refractivity contribution in [3.63, 3.8) is 0 Å². The maximum atomic E-state index is 13.7. The number of nitrogens with one attached hydrogen (secondary N) is 1. The number of nitrogens with zero attached hydrogens (tertiary/aromatic N) is 2. The highest BCUT2D eigenvalue weighted by Gasteiger charge is 2.48. The Kier molecular flexibility index (Phi) is 2.24. The fourth-order valence-corrected chi connectivity index (χ4v) is 2.13. The Morgan fingerprint density at radius 3 is 2.72 bits per heavy atom. The Bertz CT molecular complexity index is 647. The molecule has 4 heteroatoms. The molecular formula is C14H12FN3. The molecule has 1 aromatic heterocycles. The summed E-state index contributed by atoms with van der Waals surface area (Å²) in [6, 6.07) is 8.84. The third-order valence-electron chi connectivity index (χ3n) is 3.43. The zero-order valence-corrected chi connectivity index (χ0v) is 10.00. The molecule has 0 amide bonds. The molecule has 1 aromatic carbocycles. The van der Waals surface area contributed by atoms with Gasteiger partial charge in [0.15, 0.2) is 0 Å². The van der Waals surface area contributed by atoms with Crippen molar-refractivity contribution in [1.29, 1.82) is 5.26 Å². The van der Waals surface area contributed by atoms with Crippen LogP contribution in [0.25, 0.3) is 11.3 Å². The molecule has 2 aromatic rings. The van der Waals surface area contributed by atoms with E-state index in [1.54, 1.807) is 18.2 Å². The van der Waals surface area contributed by atoms with E-state index in [0.29, 0.717) is 17.1 Å². The van der Waals surface area contributed by atoms with Crippen LogP contribution in [0.4, 0.5) is 4.39 Å².